The van der Waals surface area contributed by atoms with Crippen LogP contribution in [0.5, 0.6) is 0 Å². The predicted molar refractivity (Wildman–Crippen MR) is 74.4 cm³/mol. The Morgan fingerprint density at radius 3 is 2.44 bits per heavy atom. The van der Waals surface area contributed by atoms with Crippen LogP contribution in [0.4, 0.5) is 11.4 Å². The Balaban J connectivity index is 2.37. The summed E-state index contributed by atoms with van der Waals surface area (Å²) in [5.41, 5.74) is 6.98. The Kier molecular flexibility index (Phi) is 5.65. The lowest BCUT2D eigenvalue weighted by molar-refractivity contribution is -0.126. The smallest absolute Gasteiger partial charge is 0.253 e. The number of anilines is 2. The molecule has 0 saturated heterocycles. The van der Waals surface area contributed by atoms with Crippen LogP contribution in [-0.2, 0) is 9.53 Å². The second-order valence-electron chi connectivity index (χ2n) is 4.81. The van der Waals surface area contributed by atoms with Crippen molar-refractivity contribution in [1.29, 1.82) is 0 Å². The van der Waals surface area contributed by atoms with Gasteiger partial charge >= 0.3 is 0 Å². The minimum Gasteiger partial charge on any atom is -0.399 e. The number of rotatable bonds is 6. The summed E-state index contributed by atoms with van der Waals surface area (Å²) < 4.78 is 5.47. The van der Waals surface area contributed by atoms with Crippen molar-refractivity contribution in [3.8, 4) is 0 Å². The zero-order valence-electron chi connectivity index (χ0n) is 11.3. The Hall–Kier alpha value is -1.55. The maximum Gasteiger partial charge on any atom is 0.253 e. The first kappa shape index (κ1) is 14.5. The highest BCUT2D eigenvalue weighted by molar-refractivity contribution is 5.93. The Labute approximate surface area is 109 Å². The average molecular weight is 250 g/mol. The van der Waals surface area contributed by atoms with E-state index in [0.717, 1.165) is 12.1 Å². The van der Waals surface area contributed by atoms with Crippen LogP contribution in [0.15, 0.2) is 24.3 Å². The monoisotopic (exact) mass is 250 g/mol. The molecule has 1 atom stereocenters. The third-order valence-electron chi connectivity index (χ3n) is 2.61. The molecule has 0 saturated carbocycles. The third-order valence-corrected chi connectivity index (χ3v) is 2.61. The van der Waals surface area contributed by atoms with Crippen molar-refractivity contribution >= 4 is 17.3 Å². The molecule has 1 unspecified atom stereocenters. The molecule has 0 fully saturated rings. The minimum absolute atomic E-state index is 0.136. The fourth-order valence-electron chi connectivity index (χ4n) is 1.37. The molecule has 3 N–H and O–H groups in total. The van der Waals surface area contributed by atoms with Gasteiger partial charge in [-0.2, -0.15) is 0 Å². The van der Waals surface area contributed by atoms with Crippen molar-refractivity contribution in [3.63, 3.8) is 0 Å². The number of ether oxygens (including phenoxy) is 1. The van der Waals surface area contributed by atoms with Gasteiger partial charge in [-0.1, -0.05) is 13.8 Å². The summed E-state index contributed by atoms with van der Waals surface area (Å²) in [5, 5.41) is 2.79. The summed E-state index contributed by atoms with van der Waals surface area (Å²) in [6, 6.07) is 7.04. The number of nitrogens with two attached hydrogens (primary N) is 1. The molecule has 0 aliphatic carbocycles. The van der Waals surface area contributed by atoms with Crippen LogP contribution < -0.4 is 11.1 Å². The van der Waals surface area contributed by atoms with E-state index in [1.165, 1.54) is 0 Å². The number of carbonyl (C=O) groups excluding carboxylic acids is 1. The molecular weight excluding hydrogens is 228 g/mol. The summed E-state index contributed by atoms with van der Waals surface area (Å²) >= 11 is 0. The van der Waals surface area contributed by atoms with Crippen molar-refractivity contribution in [2.45, 2.75) is 33.3 Å². The maximum absolute atomic E-state index is 11.8. The lowest BCUT2D eigenvalue weighted by Crippen LogP contribution is -2.28. The molecule has 1 aromatic rings. The van der Waals surface area contributed by atoms with Gasteiger partial charge in [0.2, 0.25) is 0 Å². The molecule has 1 aromatic carbocycles. The number of nitrogen functional groups attached to an aromatic ring is 1. The van der Waals surface area contributed by atoms with Gasteiger partial charge in [-0.25, -0.2) is 0 Å². The molecule has 4 nitrogen and oxygen atoms in total. The molecule has 1 rings (SSSR count). The fourth-order valence-corrected chi connectivity index (χ4v) is 1.37. The van der Waals surface area contributed by atoms with Crippen LogP contribution in [0.2, 0.25) is 0 Å². The summed E-state index contributed by atoms with van der Waals surface area (Å²) in [7, 11) is 0. The molecule has 0 aliphatic rings. The van der Waals surface area contributed by atoms with Gasteiger partial charge in [0, 0.05) is 18.0 Å². The summed E-state index contributed by atoms with van der Waals surface area (Å²) in [5.74, 6) is 0.445. The zero-order valence-corrected chi connectivity index (χ0v) is 11.3. The first-order valence-electron chi connectivity index (χ1n) is 6.27. The minimum atomic E-state index is -0.443. The molecule has 0 spiro atoms. The number of carbonyl (C=O) groups is 1. The first-order valence-corrected chi connectivity index (χ1v) is 6.27. The fraction of sp³-hybridized carbons (Fsp3) is 0.500. The van der Waals surface area contributed by atoms with E-state index in [9.17, 15) is 4.79 Å². The first-order chi connectivity index (χ1) is 8.49. The normalized spacial score (nSPS) is 12.4. The van der Waals surface area contributed by atoms with Crippen molar-refractivity contribution in [2.75, 3.05) is 17.7 Å². The van der Waals surface area contributed by atoms with Gasteiger partial charge in [0.25, 0.3) is 5.91 Å². The molecule has 0 heterocycles. The highest BCUT2D eigenvalue weighted by Crippen LogP contribution is 2.11. The zero-order chi connectivity index (χ0) is 13.5. The second kappa shape index (κ2) is 7.01. The summed E-state index contributed by atoms with van der Waals surface area (Å²) in [6.45, 7) is 6.62. The van der Waals surface area contributed by atoms with Gasteiger partial charge in [-0.15, -0.1) is 0 Å². The molecule has 1 amide bonds. The summed E-state index contributed by atoms with van der Waals surface area (Å²) in [4.78, 5) is 11.8. The van der Waals surface area contributed by atoms with Crippen LogP contribution in [-0.4, -0.2) is 18.6 Å². The van der Waals surface area contributed by atoms with E-state index in [-0.39, 0.29) is 5.91 Å². The number of nitrogens with one attached hydrogen (secondary N) is 1. The Bertz CT molecular complexity index is 374. The lowest BCUT2D eigenvalue weighted by Gasteiger charge is -2.14. The van der Waals surface area contributed by atoms with Crippen molar-refractivity contribution in [3.05, 3.63) is 24.3 Å². The molecule has 0 aromatic heterocycles. The van der Waals surface area contributed by atoms with E-state index < -0.39 is 6.10 Å². The van der Waals surface area contributed by atoms with E-state index in [2.05, 4.69) is 19.2 Å². The highest BCUT2D eigenvalue weighted by Gasteiger charge is 2.13. The average Bonchev–Trinajstić information content (AvgIpc) is 2.31. The molecule has 0 aliphatic heterocycles. The number of benzene rings is 1. The topological polar surface area (TPSA) is 64.3 Å². The third kappa shape index (κ3) is 5.19. The van der Waals surface area contributed by atoms with Crippen molar-refractivity contribution in [1.82, 2.24) is 0 Å². The molecule has 0 radical (unpaired) electrons. The molecule has 0 bridgehead atoms. The van der Waals surface area contributed by atoms with Crippen LogP contribution in [0.1, 0.15) is 27.2 Å². The Morgan fingerprint density at radius 2 is 1.89 bits per heavy atom. The van der Waals surface area contributed by atoms with Crippen LogP contribution in [0.25, 0.3) is 0 Å². The number of amides is 1. The molecule has 18 heavy (non-hydrogen) atoms. The van der Waals surface area contributed by atoms with E-state index in [1.807, 2.05) is 0 Å². The Morgan fingerprint density at radius 1 is 1.28 bits per heavy atom. The number of hydrogen-bond acceptors (Lipinski definition) is 3. The maximum atomic E-state index is 11.8. The summed E-state index contributed by atoms with van der Waals surface area (Å²) in [6.07, 6.45) is 0.515. The van der Waals surface area contributed by atoms with Crippen LogP contribution in [0.3, 0.4) is 0 Å². The quantitative estimate of drug-likeness (QED) is 0.763. The second-order valence-corrected chi connectivity index (χ2v) is 4.81. The number of hydrogen-bond donors (Lipinski definition) is 2. The van der Waals surface area contributed by atoms with E-state index in [0.29, 0.717) is 18.2 Å². The molecular formula is C14H22N2O2. The predicted octanol–water partition coefficient (Wildman–Crippen LogP) is 2.66. The van der Waals surface area contributed by atoms with Gasteiger partial charge in [0.15, 0.2) is 0 Å². The van der Waals surface area contributed by atoms with Crippen LogP contribution in [0, 0.1) is 5.92 Å². The molecule has 100 valence electrons. The van der Waals surface area contributed by atoms with Gasteiger partial charge in [0.05, 0.1) is 0 Å². The van der Waals surface area contributed by atoms with Crippen molar-refractivity contribution in [2.24, 2.45) is 5.92 Å². The van der Waals surface area contributed by atoms with E-state index in [1.54, 1.807) is 31.2 Å². The van der Waals surface area contributed by atoms with E-state index >= 15 is 0 Å². The van der Waals surface area contributed by atoms with Crippen molar-refractivity contribution < 1.29 is 9.53 Å². The van der Waals surface area contributed by atoms with Gasteiger partial charge in [-0.3, -0.25) is 4.79 Å². The standard InChI is InChI=1S/C14H22N2O2/c1-10(2)8-9-18-11(3)14(17)16-13-6-4-12(15)5-7-13/h4-7,10-11H,8-9,15H2,1-3H3,(H,16,17). The highest BCUT2D eigenvalue weighted by atomic mass is 16.5. The van der Waals surface area contributed by atoms with E-state index in [4.69, 9.17) is 10.5 Å². The van der Waals surface area contributed by atoms with Crippen LogP contribution >= 0.6 is 0 Å². The van der Waals surface area contributed by atoms with Gasteiger partial charge in [-0.05, 0) is 43.5 Å². The largest absolute Gasteiger partial charge is 0.399 e. The van der Waals surface area contributed by atoms with Gasteiger partial charge < -0.3 is 15.8 Å². The van der Waals surface area contributed by atoms with Gasteiger partial charge in [0.1, 0.15) is 6.10 Å². The molecule has 4 heteroatoms. The lowest BCUT2D eigenvalue weighted by atomic mass is 10.1. The SMILES string of the molecule is CC(C)CCOC(C)C(=O)Nc1ccc(N)cc1.